The van der Waals surface area contributed by atoms with Crippen LogP contribution in [-0.2, 0) is 26.0 Å². The third-order valence-electron chi connectivity index (χ3n) is 7.51. The summed E-state index contributed by atoms with van der Waals surface area (Å²) in [4.78, 5) is 13.9. The van der Waals surface area contributed by atoms with E-state index in [0.717, 1.165) is 29.5 Å². The fourth-order valence-corrected chi connectivity index (χ4v) is 7.30. The number of alkyl halides is 2. The summed E-state index contributed by atoms with van der Waals surface area (Å²) in [5.41, 5.74) is 0.633. The lowest BCUT2D eigenvalue weighted by atomic mass is 10.0. The van der Waals surface area contributed by atoms with Crippen LogP contribution in [0, 0.1) is 11.1 Å². The number of sulfonamides is 1. The van der Waals surface area contributed by atoms with Crippen LogP contribution in [0.3, 0.4) is 0 Å². The zero-order valence-corrected chi connectivity index (χ0v) is 25.7. The van der Waals surface area contributed by atoms with Gasteiger partial charge in [0, 0.05) is 18.5 Å². The van der Waals surface area contributed by atoms with Gasteiger partial charge in [0.05, 0.1) is 11.5 Å². The molecule has 1 saturated carbocycles. The molecule has 1 aliphatic heterocycles. The fraction of sp³-hybridized carbons (Fsp3) is 0.400. The molecule has 1 saturated heterocycles. The summed E-state index contributed by atoms with van der Waals surface area (Å²) in [5, 5.41) is 11.9. The second-order valence-corrected chi connectivity index (χ2v) is 13.4. The number of ether oxygens (including phenoxy) is 3. The maximum absolute atomic E-state index is 13.8. The molecule has 0 amide bonds. The van der Waals surface area contributed by atoms with Gasteiger partial charge in [0.1, 0.15) is 22.2 Å². The molecule has 0 spiro atoms. The average molecular weight is 672 g/mol. The first-order chi connectivity index (χ1) is 21.0. The SMILES string of the molecule is O=C(O[C@@H](Cc1c(Cl)c[n+]([O-])cc1Cl)c1ccc(OC(F)F)c(OCC2CC2)c1)[C@@H]1CCCCN1S(=O)(=O)c1ccccc1. The zero-order chi connectivity index (χ0) is 31.4. The van der Waals surface area contributed by atoms with Gasteiger partial charge >= 0.3 is 12.6 Å². The third-order valence-corrected chi connectivity index (χ3v) is 10.1. The minimum Gasteiger partial charge on any atom is -0.619 e. The molecule has 9 nitrogen and oxygen atoms in total. The minimum absolute atomic E-state index is 0.0161. The number of carbonyl (C=O) groups is 1. The first kappa shape index (κ1) is 32.2. The summed E-state index contributed by atoms with van der Waals surface area (Å²) in [6.07, 6.45) is 4.28. The van der Waals surface area contributed by atoms with Gasteiger partial charge in [0.2, 0.25) is 10.0 Å². The van der Waals surface area contributed by atoms with Crippen LogP contribution in [0.25, 0.3) is 0 Å². The first-order valence-electron chi connectivity index (χ1n) is 14.1. The van der Waals surface area contributed by atoms with Crippen molar-refractivity contribution in [2.45, 2.75) is 62.2 Å². The number of piperidine rings is 1. The summed E-state index contributed by atoms with van der Waals surface area (Å²) in [6.45, 7) is -2.68. The Morgan fingerprint density at radius 1 is 1.02 bits per heavy atom. The van der Waals surface area contributed by atoms with Gasteiger partial charge in [-0.2, -0.15) is 17.8 Å². The van der Waals surface area contributed by atoms with Crippen LogP contribution in [0.4, 0.5) is 8.78 Å². The lowest BCUT2D eigenvalue weighted by Crippen LogP contribution is -2.48. The smallest absolute Gasteiger partial charge is 0.387 e. The molecule has 236 valence electrons. The van der Waals surface area contributed by atoms with E-state index in [4.69, 9.17) is 32.7 Å². The van der Waals surface area contributed by atoms with Crippen LogP contribution in [-0.4, -0.2) is 44.5 Å². The predicted octanol–water partition coefficient (Wildman–Crippen LogP) is 6.09. The third kappa shape index (κ3) is 7.71. The number of hydrogen-bond acceptors (Lipinski definition) is 7. The topological polar surface area (TPSA) is 109 Å². The van der Waals surface area contributed by atoms with Crippen LogP contribution < -0.4 is 14.2 Å². The number of hydrogen-bond donors (Lipinski definition) is 0. The van der Waals surface area contributed by atoms with E-state index in [0.29, 0.717) is 41.2 Å². The van der Waals surface area contributed by atoms with E-state index in [1.54, 1.807) is 18.2 Å². The number of pyridine rings is 1. The predicted molar refractivity (Wildman–Crippen MR) is 157 cm³/mol. The van der Waals surface area contributed by atoms with Gasteiger partial charge in [-0.1, -0.05) is 47.5 Å². The van der Waals surface area contributed by atoms with Crippen LogP contribution >= 0.6 is 23.2 Å². The summed E-state index contributed by atoms with van der Waals surface area (Å²) in [5.74, 6) is -0.657. The Bertz CT molecular complexity index is 1570. The maximum atomic E-state index is 13.8. The van der Waals surface area contributed by atoms with Crippen molar-refractivity contribution in [2.75, 3.05) is 13.2 Å². The van der Waals surface area contributed by atoms with E-state index in [2.05, 4.69) is 4.74 Å². The molecule has 0 unspecified atom stereocenters. The number of halogens is 4. The molecule has 1 aliphatic carbocycles. The molecule has 5 rings (SSSR count). The second kappa shape index (κ2) is 13.8. The van der Waals surface area contributed by atoms with Crippen molar-refractivity contribution in [3.8, 4) is 11.5 Å². The van der Waals surface area contributed by atoms with E-state index < -0.39 is 34.7 Å². The quantitative estimate of drug-likeness (QED) is 0.130. The van der Waals surface area contributed by atoms with E-state index >= 15 is 0 Å². The Morgan fingerprint density at radius 3 is 2.39 bits per heavy atom. The van der Waals surface area contributed by atoms with Crippen molar-refractivity contribution >= 4 is 39.2 Å². The molecule has 2 fully saturated rings. The van der Waals surface area contributed by atoms with E-state index in [9.17, 15) is 27.2 Å². The van der Waals surface area contributed by atoms with E-state index in [1.807, 2.05) is 0 Å². The van der Waals surface area contributed by atoms with Crippen molar-refractivity contribution in [3.63, 3.8) is 0 Å². The molecule has 2 aromatic carbocycles. The highest BCUT2D eigenvalue weighted by molar-refractivity contribution is 7.89. The van der Waals surface area contributed by atoms with Gasteiger partial charge in [0.15, 0.2) is 23.9 Å². The standard InChI is InChI=1S/C30H30Cl2F2N2O7S/c31-23-16-35(38)17-24(32)22(23)15-27(20-11-12-26(43-30(33)34)28(14-20)41-18-19-9-10-19)42-29(37)25-8-4-5-13-36(25)44(39,40)21-6-2-1-3-7-21/h1-3,6-7,11-12,14,16-17,19,25,27,30H,4-5,8-10,13,15,18H2/t25-,27-/m0/s1. The molecule has 0 N–H and O–H groups in total. The zero-order valence-electron chi connectivity index (χ0n) is 23.4. The summed E-state index contributed by atoms with van der Waals surface area (Å²) < 4.78 is 71.4. The summed E-state index contributed by atoms with van der Waals surface area (Å²) >= 11 is 12.7. The Hall–Kier alpha value is -3.19. The molecular formula is C30H30Cl2F2N2O7S. The highest BCUT2D eigenvalue weighted by Gasteiger charge is 2.40. The normalized spacial score (nSPS) is 18.2. The summed E-state index contributed by atoms with van der Waals surface area (Å²) in [6, 6.07) is 10.9. The van der Waals surface area contributed by atoms with Crippen LogP contribution in [0.5, 0.6) is 11.5 Å². The molecule has 0 bridgehead atoms. The van der Waals surface area contributed by atoms with Gasteiger partial charge in [0.25, 0.3) is 0 Å². The Labute approximate surface area is 263 Å². The van der Waals surface area contributed by atoms with Crippen LogP contribution in [0.1, 0.15) is 49.3 Å². The first-order valence-corrected chi connectivity index (χ1v) is 16.3. The van der Waals surface area contributed by atoms with Crippen LogP contribution in [0.15, 0.2) is 65.8 Å². The van der Waals surface area contributed by atoms with Gasteiger partial charge in [-0.15, -0.1) is 0 Å². The molecule has 2 heterocycles. The molecule has 0 radical (unpaired) electrons. The number of rotatable bonds is 12. The molecule has 14 heteroatoms. The molecular weight excluding hydrogens is 641 g/mol. The Kier molecular flexibility index (Phi) is 10.1. The molecule has 2 aliphatic rings. The van der Waals surface area contributed by atoms with Gasteiger partial charge in [-0.3, -0.25) is 4.79 Å². The Balaban J connectivity index is 1.49. The van der Waals surface area contributed by atoms with Gasteiger partial charge in [-0.05, 0) is 67.9 Å². The fourth-order valence-electron chi connectivity index (χ4n) is 5.04. The van der Waals surface area contributed by atoms with Crippen molar-refractivity contribution in [2.24, 2.45) is 5.92 Å². The van der Waals surface area contributed by atoms with Gasteiger partial charge in [-0.25, -0.2) is 8.42 Å². The number of carbonyl (C=O) groups excluding carboxylic acids is 1. The monoisotopic (exact) mass is 670 g/mol. The maximum Gasteiger partial charge on any atom is 0.387 e. The highest BCUT2D eigenvalue weighted by atomic mass is 35.5. The number of nitrogens with zero attached hydrogens (tertiary/aromatic N) is 2. The number of esters is 1. The number of aromatic nitrogens is 1. The minimum atomic E-state index is -4.02. The lowest BCUT2D eigenvalue weighted by Gasteiger charge is -2.34. The van der Waals surface area contributed by atoms with Crippen molar-refractivity contribution in [1.29, 1.82) is 0 Å². The molecule has 2 atom stereocenters. The van der Waals surface area contributed by atoms with E-state index in [-0.39, 0.29) is 45.8 Å². The van der Waals surface area contributed by atoms with Crippen molar-refractivity contribution in [1.82, 2.24) is 4.31 Å². The van der Waals surface area contributed by atoms with E-state index in [1.165, 1.54) is 30.3 Å². The van der Waals surface area contributed by atoms with Crippen molar-refractivity contribution < 1.29 is 40.9 Å². The van der Waals surface area contributed by atoms with Gasteiger partial charge < -0.3 is 19.4 Å². The average Bonchev–Trinajstić information content (AvgIpc) is 3.82. The van der Waals surface area contributed by atoms with Crippen LogP contribution in [0.2, 0.25) is 10.0 Å². The second-order valence-electron chi connectivity index (χ2n) is 10.7. The summed E-state index contributed by atoms with van der Waals surface area (Å²) in [7, 11) is -4.02. The Morgan fingerprint density at radius 2 is 1.73 bits per heavy atom. The molecule has 3 aromatic rings. The molecule has 1 aromatic heterocycles. The highest BCUT2D eigenvalue weighted by Crippen LogP contribution is 2.38. The molecule has 44 heavy (non-hydrogen) atoms. The lowest BCUT2D eigenvalue weighted by molar-refractivity contribution is -0.605. The number of benzene rings is 2. The van der Waals surface area contributed by atoms with Crippen molar-refractivity contribution in [3.05, 3.63) is 87.3 Å². The largest absolute Gasteiger partial charge is 0.619 e.